The lowest BCUT2D eigenvalue weighted by Crippen LogP contribution is -2.38. The van der Waals surface area contributed by atoms with Gasteiger partial charge in [0.05, 0.1) is 0 Å². The minimum Gasteiger partial charge on any atom is -0.491 e. The van der Waals surface area contributed by atoms with Crippen LogP contribution in [-0.4, -0.2) is 69.6 Å². The summed E-state index contributed by atoms with van der Waals surface area (Å²) in [6.07, 6.45) is -5.93. The Hall–Kier alpha value is -3.30. The first-order chi connectivity index (χ1) is 17.2. The molecule has 2 aromatic carbocycles. The van der Waals surface area contributed by atoms with Crippen molar-refractivity contribution in [2.45, 2.75) is 57.5 Å². The Balaban J connectivity index is 1.98. The maximum atomic E-state index is 11.7. The van der Waals surface area contributed by atoms with Crippen LogP contribution >= 0.6 is 0 Å². The first-order valence-corrected chi connectivity index (χ1v) is 11.8. The van der Waals surface area contributed by atoms with Crippen LogP contribution in [0.25, 0.3) is 0 Å². The zero-order valence-electron chi connectivity index (χ0n) is 21.7. The van der Waals surface area contributed by atoms with Crippen molar-refractivity contribution in [2.24, 2.45) is 0 Å². The number of ketones is 2. The van der Waals surface area contributed by atoms with Crippen LogP contribution in [0, 0.1) is 0 Å². The van der Waals surface area contributed by atoms with Gasteiger partial charge in [0.1, 0.15) is 49.1 Å². The number of aliphatic hydroxyl groups excluding tert-OH is 4. The SMILES string of the molecule is C=C(C)C(=O)C(O)C(O)COc1ccc(C(C)(C)c2ccc(OCC(O)C(O)C(=O)C(=C)C)cc2)cc1. The lowest BCUT2D eigenvalue weighted by molar-refractivity contribution is -0.130. The van der Waals surface area contributed by atoms with E-state index in [1.165, 1.54) is 13.8 Å². The van der Waals surface area contributed by atoms with Crippen LogP contribution in [-0.2, 0) is 15.0 Å². The van der Waals surface area contributed by atoms with Crippen LogP contribution in [0.2, 0.25) is 0 Å². The molecule has 0 radical (unpaired) electrons. The summed E-state index contributed by atoms with van der Waals surface area (Å²) in [6, 6.07) is 14.5. The average Bonchev–Trinajstić information content (AvgIpc) is 2.88. The molecule has 0 amide bonds. The highest BCUT2D eigenvalue weighted by Gasteiger charge is 2.27. The molecule has 0 aliphatic heterocycles. The summed E-state index contributed by atoms with van der Waals surface area (Å²) in [7, 11) is 0. The van der Waals surface area contributed by atoms with Gasteiger partial charge < -0.3 is 29.9 Å². The normalized spacial score (nSPS) is 14.7. The Labute approximate surface area is 217 Å². The third-order valence-electron chi connectivity index (χ3n) is 6.10. The van der Waals surface area contributed by atoms with Gasteiger partial charge in [-0.1, -0.05) is 51.3 Å². The molecular formula is C29H36O8. The molecule has 0 saturated carbocycles. The zero-order chi connectivity index (χ0) is 27.9. The monoisotopic (exact) mass is 512 g/mol. The molecule has 4 atom stereocenters. The van der Waals surface area contributed by atoms with Crippen molar-refractivity contribution < 1.29 is 39.5 Å². The number of ether oxygens (including phenoxy) is 2. The molecule has 2 rings (SSSR count). The molecule has 8 heteroatoms. The molecule has 2 aromatic rings. The summed E-state index contributed by atoms with van der Waals surface area (Å²) < 4.78 is 11.1. The van der Waals surface area contributed by atoms with Crippen molar-refractivity contribution in [1.29, 1.82) is 0 Å². The molecule has 200 valence electrons. The number of benzene rings is 2. The first-order valence-electron chi connectivity index (χ1n) is 11.8. The third kappa shape index (κ3) is 7.84. The zero-order valence-corrected chi connectivity index (χ0v) is 21.7. The van der Waals surface area contributed by atoms with Crippen molar-refractivity contribution in [1.82, 2.24) is 0 Å². The standard InChI is InChI=1S/C29H36O8/c1-17(2)25(32)27(34)23(30)15-36-21-11-7-19(8-12-21)29(5,6)20-9-13-22(14-10-20)37-16-24(31)28(35)26(33)18(3)4/h7-14,23-24,27-28,30-31,34-35H,1,3,15-16H2,2,4-6H3. The topological polar surface area (TPSA) is 134 Å². The number of carbonyl (C=O) groups excluding carboxylic acids is 2. The van der Waals surface area contributed by atoms with Crippen LogP contribution in [0.1, 0.15) is 38.8 Å². The summed E-state index contributed by atoms with van der Waals surface area (Å²) >= 11 is 0. The maximum Gasteiger partial charge on any atom is 0.189 e. The fourth-order valence-corrected chi connectivity index (χ4v) is 3.50. The molecule has 0 spiro atoms. The van der Waals surface area contributed by atoms with Crippen molar-refractivity contribution >= 4 is 11.6 Å². The van der Waals surface area contributed by atoms with Crippen LogP contribution in [0.5, 0.6) is 11.5 Å². The minimum atomic E-state index is -1.59. The van der Waals surface area contributed by atoms with Gasteiger partial charge in [-0.15, -0.1) is 0 Å². The van der Waals surface area contributed by atoms with Crippen LogP contribution in [0.3, 0.4) is 0 Å². The van der Waals surface area contributed by atoms with Gasteiger partial charge in [-0.3, -0.25) is 9.59 Å². The molecule has 0 fully saturated rings. The van der Waals surface area contributed by atoms with Gasteiger partial charge >= 0.3 is 0 Å². The van der Waals surface area contributed by atoms with Crippen LogP contribution < -0.4 is 9.47 Å². The molecule has 37 heavy (non-hydrogen) atoms. The smallest absolute Gasteiger partial charge is 0.189 e. The number of Topliss-reactive ketones (excluding diaryl/α,β-unsaturated/α-hetero) is 2. The quantitative estimate of drug-likeness (QED) is 0.284. The summed E-state index contributed by atoms with van der Waals surface area (Å²) in [6.45, 7) is 13.5. The Morgan fingerprint density at radius 2 is 1.00 bits per heavy atom. The van der Waals surface area contributed by atoms with Gasteiger partial charge in [0, 0.05) is 5.41 Å². The van der Waals surface area contributed by atoms with Crippen LogP contribution in [0.4, 0.5) is 0 Å². The molecule has 0 aromatic heterocycles. The van der Waals surface area contributed by atoms with E-state index in [1.807, 2.05) is 38.1 Å². The number of hydrogen-bond donors (Lipinski definition) is 4. The van der Waals surface area contributed by atoms with E-state index in [0.717, 1.165) is 11.1 Å². The summed E-state index contributed by atoms with van der Waals surface area (Å²) in [5, 5.41) is 39.7. The summed E-state index contributed by atoms with van der Waals surface area (Å²) in [5.41, 5.74) is 1.91. The van der Waals surface area contributed by atoms with E-state index in [9.17, 15) is 30.0 Å². The van der Waals surface area contributed by atoms with E-state index in [0.29, 0.717) is 11.5 Å². The molecule has 0 saturated heterocycles. The van der Waals surface area contributed by atoms with Gasteiger partial charge in [-0.25, -0.2) is 0 Å². The summed E-state index contributed by atoms with van der Waals surface area (Å²) in [5.74, 6) is -0.307. The Bertz CT molecular complexity index is 1010. The van der Waals surface area contributed by atoms with Crippen molar-refractivity contribution in [3.63, 3.8) is 0 Å². The van der Waals surface area contributed by atoms with Crippen molar-refractivity contribution in [2.75, 3.05) is 13.2 Å². The van der Waals surface area contributed by atoms with Gasteiger partial charge in [0.25, 0.3) is 0 Å². The van der Waals surface area contributed by atoms with E-state index in [2.05, 4.69) is 13.2 Å². The second-order valence-electron chi connectivity index (χ2n) is 9.61. The van der Waals surface area contributed by atoms with Crippen LogP contribution in [0.15, 0.2) is 72.8 Å². The largest absolute Gasteiger partial charge is 0.491 e. The third-order valence-corrected chi connectivity index (χ3v) is 6.10. The molecule has 8 nitrogen and oxygen atoms in total. The predicted molar refractivity (Wildman–Crippen MR) is 140 cm³/mol. The molecule has 0 aliphatic rings. The predicted octanol–water partition coefficient (Wildman–Crippen LogP) is 2.50. The van der Waals surface area contributed by atoms with Crippen molar-refractivity contribution in [3.05, 3.63) is 84.0 Å². The van der Waals surface area contributed by atoms with Crippen molar-refractivity contribution in [3.8, 4) is 11.5 Å². The van der Waals surface area contributed by atoms with Gasteiger partial charge in [0.2, 0.25) is 0 Å². The lowest BCUT2D eigenvalue weighted by Gasteiger charge is -2.27. The van der Waals surface area contributed by atoms with Gasteiger partial charge in [0.15, 0.2) is 11.6 Å². The second-order valence-corrected chi connectivity index (χ2v) is 9.61. The Kier molecular flexibility index (Phi) is 10.3. The lowest BCUT2D eigenvalue weighted by atomic mass is 9.78. The fraction of sp³-hybridized carbons (Fsp3) is 0.379. The molecule has 0 bridgehead atoms. The first kappa shape index (κ1) is 29.9. The summed E-state index contributed by atoms with van der Waals surface area (Å²) in [4.78, 5) is 23.5. The van der Waals surface area contributed by atoms with E-state index in [4.69, 9.17) is 9.47 Å². The van der Waals surface area contributed by atoms with E-state index in [1.54, 1.807) is 24.3 Å². The highest BCUT2D eigenvalue weighted by molar-refractivity contribution is 5.98. The molecule has 4 unspecified atom stereocenters. The van der Waals surface area contributed by atoms with E-state index < -0.39 is 36.0 Å². The number of hydrogen-bond acceptors (Lipinski definition) is 8. The van der Waals surface area contributed by atoms with Gasteiger partial charge in [-0.05, 0) is 60.4 Å². The second kappa shape index (κ2) is 12.8. The fourth-order valence-electron chi connectivity index (χ4n) is 3.50. The highest BCUT2D eigenvalue weighted by Crippen LogP contribution is 2.33. The average molecular weight is 513 g/mol. The molecule has 4 N–H and O–H groups in total. The highest BCUT2D eigenvalue weighted by atomic mass is 16.5. The molecule has 0 aliphatic carbocycles. The molecular weight excluding hydrogens is 476 g/mol. The number of carbonyl (C=O) groups is 2. The van der Waals surface area contributed by atoms with E-state index >= 15 is 0 Å². The van der Waals surface area contributed by atoms with E-state index in [-0.39, 0.29) is 29.8 Å². The van der Waals surface area contributed by atoms with Gasteiger partial charge in [-0.2, -0.15) is 0 Å². The number of rotatable bonds is 14. The maximum absolute atomic E-state index is 11.7. The Morgan fingerprint density at radius 1 is 0.703 bits per heavy atom. The molecule has 0 heterocycles. The number of aliphatic hydroxyl groups is 4. The Morgan fingerprint density at radius 3 is 1.27 bits per heavy atom. The minimum absolute atomic E-state index is 0.157.